The third-order valence-corrected chi connectivity index (χ3v) is 7.63. The minimum atomic E-state index is -0.228. The molecular weight excluding hydrogens is 400 g/mol. The van der Waals surface area contributed by atoms with Crippen LogP contribution in [0.25, 0.3) is 0 Å². The van der Waals surface area contributed by atoms with Gasteiger partial charge in [-0.15, -0.1) is 0 Å². The van der Waals surface area contributed by atoms with Crippen molar-refractivity contribution < 1.29 is 14.4 Å². The lowest BCUT2D eigenvalue weighted by molar-refractivity contribution is -0.141. The smallest absolute Gasteiger partial charge is 0.261 e. The molecule has 166 valence electrons. The Morgan fingerprint density at radius 3 is 2.31 bits per heavy atom. The second-order valence-corrected chi connectivity index (χ2v) is 9.46. The van der Waals surface area contributed by atoms with Crippen molar-refractivity contribution in [3.8, 4) is 0 Å². The Morgan fingerprint density at radius 2 is 1.59 bits per heavy atom. The van der Waals surface area contributed by atoms with Crippen molar-refractivity contribution in [2.45, 2.75) is 51.5 Å². The number of hydrogen-bond acceptors (Lipinski definition) is 3. The lowest BCUT2D eigenvalue weighted by Gasteiger charge is -2.41. The summed E-state index contributed by atoms with van der Waals surface area (Å²) in [5.74, 6) is 0.280. The molecule has 0 saturated heterocycles. The van der Waals surface area contributed by atoms with Crippen molar-refractivity contribution in [2.24, 2.45) is 11.8 Å². The first-order chi connectivity index (χ1) is 15.6. The van der Waals surface area contributed by atoms with Gasteiger partial charge in [0.1, 0.15) is 0 Å². The van der Waals surface area contributed by atoms with Gasteiger partial charge in [0.05, 0.1) is 17.2 Å². The van der Waals surface area contributed by atoms with E-state index in [0.29, 0.717) is 36.6 Å². The molecule has 3 atom stereocenters. The second-order valence-electron chi connectivity index (χ2n) is 9.46. The van der Waals surface area contributed by atoms with E-state index < -0.39 is 0 Å². The Balaban J connectivity index is 1.40. The molecule has 0 unspecified atom stereocenters. The molecule has 0 spiro atoms. The summed E-state index contributed by atoms with van der Waals surface area (Å²) in [5.41, 5.74) is 3.38. The number of fused-ring (bicyclic) bond motifs is 2. The summed E-state index contributed by atoms with van der Waals surface area (Å²) in [6.07, 6.45) is 5.81. The van der Waals surface area contributed by atoms with E-state index in [9.17, 15) is 14.4 Å². The fourth-order valence-electron chi connectivity index (χ4n) is 5.82. The van der Waals surface area contributed by atoms with Crippen LogP contribution in [0.4, 0.5) is 0 Å². The van der Waals surface area contributed by atoms with Crippen LogP contribution < -0.4 is 0 Å². The Bertz CT molecular complexity index is 1030. The molecule has 0 bridgehead atoms. The van der Waals surface area contributed by atoms with Crippen LogP contribution in [0.2, 0.25) is 0 Å². The van der Waals surface area contributed by atoms with Crippen molar-refractivity contribution >= 4 is 17.7 Å². The van der Waals surface area contributed by atoms with Gasteiger partial charge in [0.2, 0.25) is 5.91 Å². The van der Waals surface area contributed by atoms with Gasteiger partial charge in [-0.05, 0) is 54.9 Å². The average Bonchev–Trinajstić information content (AvgIpc) is 3.07. The third kappa shape index (κ3) is 3.54. The van der Waals surface area contributed by atoms with Gasteiger partial charge in [-0.25, -0.2) is 0 Å². The number of nitrogens with zero attached hydrogens (tertiary/aromatic N) is 2. The number of imide groups is 1. The van der Waals surface area contributed by atoms with Crippen molar-refractivity contribution in [2.75, 3.05) is 13.1 Å². The van der Waals surface area contributed by atoms with E-state index in [-0.39, 0.29) is 29.7 Å². The van der Waals surface area contributed by atoms with E-state index in [2.05, 4.69) is 19.1 Å². The topological polar surface area (TPSA) is 57.7 Å². The maximum atomic E-state index is 13.7. The van der Waals surface area contributed by atoms with Crippen LogP contribution >= 0.6 is 0 Å². The molecule has 2 heterocycles. The van der Waals surface area contributed by atoms with Gasteiger partial charge in [0.25, 0.3) is 11.8 Å². The summed E-state index contributed by atoms with van der Waals surface area (Å²) in [5, 5.41) is 0. The van der Waals surface area contributed by atoms with Crippen LogP contribution in [-0.2, 0) is 11.2 Å². The molecule has 1 aliphatic carbocycles. The molecule has 3 aliphatic rings. The highest BCUT2D eigenvalue weighted by Gasteiger charge is 2.39. The number of carbonyl (C=O) groups excluding carboxylic acids is 3. The molecule has 2 aromatic carbocycles. The van der Waals surface area contributed by atoms with Gasteiger partial charge in [0.15, 0.2) is 0 Å². The molecule has 32 heavy (non-hydrogen) atoms. The molecule has 2 aromatic rings. The van der Waals surface area contributed by atoms with Crippen molar-refractivity contribution in [1.82, 2.24) is 9.80 Å². The van der Waals surface area contributed by atoms with E-state index in [1.807, 2.05) is 17.0 Å². The van der Waals surface area contributed by atoms with E-state index in [0.717, 1.165) is 31.2 Å². The minimum absolute atomic E-state index is 0.0795. The molecule has 3 amide bonds. The van der Waals surface area contributed by atoms with Gasteiger partial charge in [0, 0.05) is 19.0 Å². The van der Waals surface area contributed by atoms with E-state index in [4.69, 9.17) is 0 Å². The Kier molecular flexibility index (Phi) is 5.58. The maximum absolute atomic E-state index is 13.7. The summed E-state index contributed by atoms with van der Waals surface area (Å²) in [4.78, 5) is 42.8. The maximum Gasteiger partial charge on any atom is 0.261 e. The molecular formula is C27H30N2O3. The monoisotopic (exact) mass is 430 g/mol. The lowest BCUT2D eigenvalue weighted by Crippen LogP contribution is -2.46. The van der Waals surface area contributed by atoms with Crippen molar-refractivity contribution in [3.63, 3.8) is 0 Å². The predicted molar refractivity (Wildman–Crippen MR) is 122 cm³/mol. The first kappa shape index (κ1) is 20.9. The number of amides is 3. The summed E-state index contributed by atoms with van der Waals surface area (Å²) >= 11 is 0. The van der Waals surface area contributed by atoms with Gasteiger partial charge in [-0.2, -0.15) is 0 Å². The van der Waals surface area contributed by atoms with Crippen LogP contribution in [0.1, 0.15) is 76.9 Å². The number of benzene rings is 2. The Morgan fingerprint density at radius 1 is 0.938 bits per heavy atom. The normalized spacial score (nSPS) is 25.0. The van der Waals surface area contributed by atoms with Crippen molar-refractivity contribution in [3.05, 3.63) is 70.8 Å². The van der Waals surface area contributed by atoms with E-state index in [1.54, 1.807) is 24.3 Å². The van der Waals surface area contributed by atoms with Gasteiger partial charge in [-0.1, -0.05) is 56.2 Å². The van der Waals surface area contributed by atoms with Crippen molar-refractivity contribution in [1.29, 1.82) is 0 Å². The van der Waals surface area contributed by atoms with Crippen LogP contribution in [-0.4, -0.2) is 40.6 Å². The van der Waals surface area contributed by atoms with Crippen LogP contribution in [0.3, 0.4) is 0 Å². The minimum Gasteiger partial charge on any atom is -0.335 e. The molecule has 1 saturated carbocycles. The van der Waals surface area contributed by atoms with Crippen LogP contribution in [0, 0.1) is 11.8 Å². The first-order valence-electron chi connectivity index (χ1n) is 11.9. The highest BCUT2D eigenvalue weighted by Crippen LogP contribution is 2.38. The second kappa shape index (κ2) is 8.53. The zero-order chi connectivity index (χ0) is 22.2. The highest BCUT2D eigenvalue weighted by atomic mass is 16.2. The predicted octanol–water partition coefficient (Wildman–Crippen LogP) is 4.63. The molecule has 1 fully saturated rings. The number of hydrogen-bond donors (Lipinski definition) is 0. The molecule has 0 N–H and O–H groups in total. The summed E-state index contributed by atoms with van der Waals surface area (Å²) < 4.78 is 0. The molecule has 5 nitrogen and oxygen atoms in total. The zero-order valence-electron chi connectivity index (χ0n) is 18.6. The zero-order valence-corrected chi connectivity index (χ0v) is 18.6. The molecule has 0 aromatic heterocycles. The van der Waals surface area contributed by atoms with Gasteiger partial charge in [-0.3, -0.25) is 19.3 Å². The summed E-state index contributed by atoms with van der Waals surface area (Å²) in [6, 6.07) is 15.2. The molecule has 5 rings (SSSR count). The van der Waals surface area contributed by atoms with Crippen LogP contribution in [0.5, 0.6) is 0 Å². The molecule has 5 heteroatoms. The molecule has 0 radical (unpaired) electrons. The largest absolute Gasteiger partial charge is 0.335 e. The highest BCUT2D eigenvalue weighted by molar-refractivity contribution is 6.21. The fraction of sp³-hybridized carbons (Fsp3) is 0.444. The summed E-state index contributed by atoms with van der Waals surface area (Å²) in [6.45, 7) is 3.22. The van der Waals surface area contributed by atoms with E-state index in [1.165, 1.54) is 16.9 Å². The lowest BCUT2D eigenvalue weighted by atomic mass is 9.78. The summed E-state index contributed by atoms with van der Waals surface area (Å²) in [7, 11) is 0. The third-order valence-electron chi connectivity index (χ3n) is 7.63. The molecule has 2 aliphatic heterocycles. The quantitative estimate of drug-likeness (QED) is 0.665. The first-order valence-corrected chi connectivity index (χ1v) is 11.9. The van der Waals surface area contributed by atoms with Gasteiger partial charge >= 0.3 is 0 Å². The Hall–Kier alpha value is -2.95. The van der Waals surface area contributed by atoms with E-state index >= 15 is 0 Å². The Labute approximate surface area is 189 Å². The van der Waals surface area contributed by atoms with Gasteiger partial charge < -0.3 is 4.90 Å². The van der Waals surface area contributed by atoms with Crippen LogP contribution in [0.15, 0.2) is 48.5 Å². The number of rotatable bonds is 4. The average molecular weight is 431 g/mol. The standard InChI is InChI=1S/C27H30N2O3/c1-18-8-2-4-10-20(18)25(30)28-16-14-19-9-3-5-11-21(19)24(28)15-17-29-26(31)22-12-6-7-13-23(22)27(29)32/h3,5-7,9,11-13,18,20,24H,2,4,8,10,14-17H2,1H3/t18-,20+,24-/m0/s1. The number of carbonyl (C=O) groups is 3. The SMILES string of the molecule is C[C@H]1CCCC[C@H]1C(=O)N1CCc2ccccc2[C@@H]1CCN1C(=O)c2ccccc2C1=O. The fourth-order valence-corrected chi connectivity index (χ4v) is 5.82.